The van der Waals surface area contributed by atoms with Crippen molar-refractivity contribution in [2.45, 2.75) is 50.7 Å². The van der Waals surface area contributed by atoms with Crippen LogP contribution in [-0.4, -0.2) is 48.6 Å². The first-order valence-corrected chi connectivity index (χ1v) is 9.78. The summed E-state index contributed by atoms with van der Waals surface area (Å²) in [6, 6.07) is 9.61. The molecule has 4 heterocycles. The van der Waals surface area contributed by atoms with Crippen LogP contribution in [0.4, 0.5) is 4.39 Å². The molecule has 3 aromatic rings. The third-order valence-corrected chi connectivity index (χ3v) is 5.30. The number of aromatic amines is 1. The molecule has 0 saturated carbocycles. The lowest BCUT2D eigenvalue weighted by molar-refractivity contribution is -0.198. The van der Waals surface area contributed by atoms with E-state index in [2.05, 4.69) is 10.3 Å². The van der Waals surface area contributed by atoms with E-state index in [1.165, 1.54) is 0 Å². The Morgan fingerprint density at radius 3 is 2.65 bits per heavy atom. The van der Waals surface area contributed by atoms with E-state index in [0.717, 1.165) is 16.3 Å². The summed E-state index contributed by atoms with van der Waals surface area (Å²) in [5.41, 5.74) is -0.258. The number of fused-ring (bicyclic) bond motifs is 1. The van der Waals surface area contributed by atoms with Gasteiger partial charge in [0.2, 0.25) is 5.82 Å². The van der Waals surface area contributed by atoms with Gasteiger partial charge in [-0.25, -0.2) is 9.48 Å². The summed E-state index contributed by atoms with van der Waals surface area (Å²) in [7, 11) is 0. The number of rotatable bonds is 4. The zero-order valence-corrected chi connectivity index (χ0v) is 16.8. The fourth-order valence-corrected chi connectivity index (χ4v) is 3.99. The van der Waals surface area contributed by atoms with Crippen LogP contribution in [0.25, 0.3) is 11.3 Å². The predicted octanol–water partition coefficient (Wildman–Crippen LogP) is 1.05. The third kappa shape index (κ3) is 3.60. The maximum absolute atomic E-state index is 13.9. The highest BCUT2D eigenvalue weighted by Crippen LogP contribution is 2.43. The van der Waals surface area contributed by atoms with Crippen LogP contribution in [0, 0.1) is 5.82 Å². The Kier molecular flexibility index (Phi) is 4.61. The van der Waals surface area contributed by atoms with Gasteiger partial charge in [-0.15, -0.1) is 5.10 Å². The Balaban J connectivity index is 1.44. The molecule has 10 nitrogen and oxygen atoms in total. The van der Waals surface area contributed by atoms with Crippen LogP contribution in [0.15, 0.2) is 52.3 Å². The molecule has 0 spiro atoms. The molecule has 11 heteroatoms. The fraction of sp³-hybridized carbons (Fsp3) is 0.400. The summed E-state index contributed by atoms with van der Waals surface area (Å²) in [5, 5.41) is 8.36. The quantitative estimate of drug-likeness (QED) is 0.660. The fourth-order valence-electron chi connectivity index (χ4n) is 3.99. The molecule has 4 unspecified atom stereocenters. The van der Waals surface area contributed by atoms with Crippen molar-refractivity contribution in [3.8, 4) is 11.3 Å². The van der Waals surface area contributed by atoms with Gasteiger partial charge in [-0.3, -0.25) is 14.3 Å². The Bertz CT molecular complexity index is 1220. The number of aromatic nitrogens is 5. The van der Waals surface area contributed by atoms with E-state index < -0.39 is 47.4 Å². The highest BCUT2D eigenvalue weighted by molar-refractivity contribution is 5.57. The normalized spacial score (nSPS) is 26.8. The van der Waals surface area contributed by atoms with Gasteiger partial charge in [0.25, 0.3) is 5.56 Å². The number of halogens is 1. The molecule has 2 saturated heterocycles. The van der Waals surface area contributed by atoms with Crippen molar-refractivity contribution in [3.05, 3.63) is 69.4 Å². The topological polar surface area (TPSA) is 113 Å². The van der Waals surface area contributed by atoms with E-state index in [4.69, 9.17) is 14.2 Å². The second-order valence-corrected chi connectivity index (χ2v) is 7.97. The van der Waals surface area contributed by atoms with Crippen molar-refractivity contribution in [1.29, 1.82) is 0 Å². The Morgan fingerprint density at radius 2 is 1.87 bits per heavy atom. The van der Waals surface area contributed by atoms with Gasteiger partial charge in [-0.1, -0.05) is 35.5 Å². The van der Waals surface area contributed by atoms with Crippen LogP contribution in [-0.2, 0) is 20.8 Å². The minimum Gasteiger partial charge on any atom is -0.347 e. The van der Waals surface area contributed by atoms with Crippen molar-refractivity contribution < 1.29 is 18.6 Å². The van der Waals surface area contributed by atoms with Crippen LogP contribution in [0.5, 0.6) is 0 Å². The highest BCUT2D eigenvalue weighted by atomic mass is 19.1. The van der Waals surface area contributed by atoms with Crippen molar-refractivity contribution in [2.24, 2.45) is 0 Å². The second kappa shape index (κ2) is 7.22. The average Bonchev–Trinajstić information content (AvgIpc) is 3.40. The first kappa shape index (κ1) is 19.8. The van der Waals surface area contributed by atoms with Gasteiger partial charge < -0.3 is 14.2 Å². The average molecular weight is 429 g/mol. The summed E-state index contributed by atoms with van der Waals surface area (Å²) in [5.74, 6) is -2.01. The maximum Gasteiger partial charge on any atom is 0.330 e. The van der Waals surface area contributed by atoms with Crippen molar-refractivity contribution in [3.63, 3.8) is 0 Å². The number of nitrogens with zero attached hydrogens (tertiary/aromatic N) is 4. The molecule has 2 fully saturated rings. The molecule has 0 bridgehead atoms. The summed E-state index contributed by atoms with van der Waals surface area (Å²) < 4.78 is 34.5. The van der Waals surface area contributed by atoms with Crippen LogP contribution < -0.4 is 11.2 Å². The summed E-state index contributed by atoms with van der Waals surface area (Å²) in [6.07, 6.45) is -0.139. The number of H-pyrrole nitrogens is 1. The highest BCUT2D eigenvalue weighted by Gasteiger charge is 2.56. The van der Waals surface area contributed by atoms with E-state index >= 15 is 0 Å². The molecule has 1 aromatic carbocycles. The molecular formula is C20H20FN5O5. The summed E-state index contributed by atoms with van der Waals surface area (Å²) >= 11 is 0. The Morgan fingerprint density at radius 1 is 1.13 bits per heavy atom. The third-order valence-electron chi connectivity index (χ3n) is 5.30. The van der Waals surface area contributed by atoms with Gasteiger partial charge in [0.1, 0.15) is 24.0 Å². The van der Waals surface area contributed by atoms with Crippen molar-refractivity contribution in [2.75, 3.05) is 0 Å². The molecule has 162 valence electrons. The first-order valence-electron chi connectivity index (χ1n) is 9.78. The molecule has 2 aromatic heterocycles. The number of hydrogen-bond acceptors (Lipinski definition) is 7. The Labute approximate surface area is 175 Å². The van der Waals surface area contributed by atoms with Crippen LogP contribution in [0.1, 0.15) is 20.1 Å². The number of hydrogen-bond donors (Lipinski definition) is 1. The van der Waals surface area contributed by atoms with Gasteiger partial charge in [-0.2, -0.15) is 4.39 Å². The smallest absolute Gasteiger partial charge is 0.330 e. The monoisotopic (exact) mass is 429 g/mol. The van der Waals surface area contributed by atoms with Gasteiger partial charge in [0.15, 0.2) is 12.0 Å². The van der Waals surface area contributed by atoms with E-state index in [1.54, 1.807) is 24.7 Å². The lowest BCUT2D eigenvalue weighted by Crippen LogP contribution is -2.38. The summed E-state index contributed by atoms with van der Waals surface area (Å²) in [4.78, 5) is 25.6. The largest absolute Gasteiger partial charge is 0.347 e. The van der Waals surface area contributed by atoms with E-state index in [1.807, 2.05) is 35.3 Å². The van der Waals surface area contributed by atoms with Crippen LogP contribution in [0.2, 0.25) is 0 Å². The van der Waals surface area contributed by atoms with Gasteiger partial charge >= 0.3 is 5.69 Å². The van der Waals surface area contributed by atoms with Gasteiger partial charge in [-0.05, 0) is 13.8 Å². The van der Waals surface area contributed by atoms with Gasteiger partial charge in [0, 0.05) is 5.56 Å². The minimum atomic E-state index is -1.09. The lowest BCUT2D eigenvalue weighted by Gasteiger charge is -2.24. The summed E-state index contributed by atoms with van der Waals surface area (Å²) in [6.45, 7) is 3.77. The van der Waals surface area contributed by atoms with E-state index in [0.29, 0.717) is 5.69 Å². The van der Waals surface area contributed by atoms with Crippen molar-refractivity contribution >= 4 is 0 Å². The van der Waals surface area contributed by atoms with Crippen molar-refractivity contribution in [1.82, 2.24) is 24.5 Å². The first-order chi connectivity index (χ1) is 14.8. The molecule has 5 rings (SSSR count). The molecule has 1 N–H and O–H groups in total. The van der Waals surface area contributed by atoms with Gasteiger partial charge in [0.05, 0.1) is 18.9 Å². The lowest BCUT2D eigenvalue weighted by atomic mass is 10.1. The molecule has 0 amide bonds. The molecule has 0 radical (unpaired) electrons. The number of ether oxygens (including phenoxy) is 3. The molecule has 2 aliphatic rings. The molecular weight excluding hydrogens is 409 g/mol. The molecule has 31 heavy (non-hydrogen) atoms. The second-order valence-electron chi connectivity index (χ2n) is 7.97. The van der Waals surface area contributed by atoms with Crippen LogP contribution >= 0.6 is 0 Å². The number of nitrogens with one attached hydrogen (secondary N) is 1. The number of benzene rings is 1. The molecule has 0 aliphatic carbocycles. The molecule has 2 aliphatic heterocycles. The zero-order chi connectivity index (χ0) is 21.8. The maximum atomic E-state index is 13.9. The minimum absolute atomic E-state index is 0.275. The van der Waals surface area contributed by atoms with E-state index in [9.17, 15) is 14.0 Å². The predicted molar refractivity (Wildman–Crippen MR) is 104 cm³/mol. The SMILES string of the molecule is CC1(C)OC2C(Cn3cc(-c4ccccc4)nn3)OC(n3cc(F)c(=O)[nH]c3=O)C2O1. The molecule has 4 atom stereocenters. The van der Waals surface area contributed by atoms with Crippen LogP contribution in [0.3, 0.4) is 0 Å². The zero-order valence-electron chi connectivity index (χ0n) is 16.8. The standard InChI is InChI=1S/C20H20FN5O5/c1-20(2)30-15-14(10-25-9-13(23-24-25)11-6-4-3-5-7-11)29-18(16(15)31-20)26-8-12(21)17(27)22-19(26)28/h3-9,14-16,18H,10H2,1-2H3,(H,22,27,28). The Hall–Kier alpha value is -3.15. The van der Waals surface area contributed by atoms with E-state index in [-0.39, 0.29) is 6.54 Å².